The Kier molecular flexibility index (Phi) is 24.4. The molecule has 1 atom stereocenters. The smallest absolute Gasteiger partial charge is 0.306 e. The zero-order valence-electron chi connectivity index (χ0n) is 22.1. The molecule has 34 heavy (non-hydrogen) atoms. The van der Waals surface area contributed by atoms with E-state index in [0.29, 0.717) is 12.8 Å². The van der Waals surface area contributed by atoms with Crippen molar-refractivity contribution in [3.05, 3.63) is 36.5 Å². The van der Waals surface area contributed by atoms with Crippen molar-refractivity contribution in [1.82, 2.24) is 0 Å². The number of carboxylic acids is 1. The molecular weight excluding hydrogens is 424 g/mol. The minimum Gasteiger partial charge on any atom is -0.481 e. The molecule has 0 saturated heterocycles. The third-order valence-electron chi connectivity index (χ3n) is 5.84. The van der Waals surface area contributed by atoms with Gasteiger partial charge in [0.15, 0.2) is 0 Å². The van der Waals surface area contributed by atoms with Crippen LogP contribution in [-0.2, 0) is 14.3 Å². The van der Waals surface area contributed by atoms with Crippen molar-refractivity contribution in [3.8, 4) is 0 Å². The van der Waals surface area contributed by atoms with Crippen molar-refractivity contribution in [2.24, 2.45) is 0 Å². The molecule has 0 fully saturated rings. The van der Waals surface area contributed by atoms with Gasteiger partial charge < -0.3 is 9.84 Å². The van der Waals surface area contributed by atoms with Crippen LogP contribution in [0.2, 0.25) is 0 Å². The number of carboxylic acid groups (broad SMARTS) is 1. The molecule has 0 aliphatic carbocycles. The fourth-order valence-corrected chi connectivity index (χ4v) is 3.79. The van der Waals surface area contributed by atoms with E-state index in [1.54, 1.807) is 0 Å². The second kappa shape index (κ2) is 25.8. The van der Waals surface area contributed by atoms with Crippen LogP contribution in [0.25, 0.3) is 0 Å². The average molecular weight is 477 g/mol. The number of unbranched alkanes of at least 4 members (excludes halogenated alkanes) is 13. The van der Waals surface area contributed by atoms with Gasteiger partial charge >= 0.3 is 11.9 Å². The van der Waals surface area contributed by atoms with Crippen LogP contribution >= 0.6 is 0 Å². The molecule has 0 radical (unpaired) electrons. The normalized spacial score (nSPS) is 12.8. The molecule has 4 heteroatoms. The highest BCUT2D eigenvalue weighted by Crippen LogP contribution is 2.13. The molecular formula is C30H52O4. The van der Waals surface area contributed by atoms with E-state index < -0.39 is 5.97 Å². The Morgan fingerprint density at radius 3 is 1.85 bits per heavy atom. The summed E-state index contributed by atoms with van der Waals surface area (Å²) in [4.78, 5) is 22.9. The standard InChI is InChI=1S/C30H52O4/c1-3-5-7-9-10-11-12-13-14-19-23-27-30(33)34-28(24-20-16-8-6-4-2)25-21-17-15-18-22-26-29(31)32/h6,8,20-21,24-25,28H,3-5,7,9-19,22-23,26-27H2,1-2H3,(H,31,32)/b8-6-,24-20-,25-21-. The summed E-state index contributed by atoms with van der Waals surface area (Å²) < 4.78 is 5.69. The fraction of sp³-hybridized carbons (Fsp3) is 0.733. The number of rotatable bonds is 24. The lowest BCUT2D eigenvalue weighted by Gasteiger charge is -2.11. The highest BCUT2D eigenvalue weighted by Gasteiger charge is 2.08. The minimum atomic E-state index is -0.734. The molecule has 1 unspecified atom stereocenters. The van der Waals surface area contributed by atoms with E-state index in [1.165, 1.54) is 57.8 Å². The molecule has 0 aromatic rings. The Morgan fingerprint density at radius 2 is 1.24 bits per heavy atom. The SMILES string of the molecule is CC/C=C\C/C=C\C(/C=C\CCCCCC(=O)O)OC(=O)CCCCCCCCCCCCC. The number of ether oxygens (including phenoxy) is 1. The van der Waals surface area contributed by atoms with Gasteiger partial charge in [0.1, 0.15) is 6.10 Å². The Balaban J connectivity index is 4.12. The van der Waals surface area contributed by atoms with Crippen molar-refractivity contribution in [2.75, 3.05) is 0 Å². The maximum atomic E-state index is 12.3. The molecule has 0 bridgehead atoms. The topological polar surface area (TPSA) is 63.6 Å². The van der Waals surface area contributed by atoms with Gasteiger partial charge in [-0.2, -0.15) is 0 Å². The third-order valence-corrected chi connectivity index (χ3v) is 5.84. The largest absolute Gasteiger partial charge is 0.481 e. The van der Waals surface area contributed by atoms with Crippen LogP contribution in [0, 0.1) is 0 Å². The molecule has 0 aliphatic rings. The van der Waals surface area contributed by atoms with Crippen LogP contribution < -0.4 is 0 Å². The molecule has 0 heterocycles. The summed E-state index contributed by atoms with van der Waals surface area (Å²) in [5, 5.41) is 8.69. The molecule has 196 valence electrons. The maximum Gasteiger partial charge on any atom is 0.306 e. The van der Waals surface area contributed by atoms with E-state index in [2.05, 4.69) is 26.0 Å². The molecule has 4 nitrogen and oxygen atoms in total. The lowest BCUT2D eigenvalue weighted by molar-refractivity contribution is -0.145. The first kappa shape index (κ1) is 32.2. The predicted octanol–water partition coefficient (Wildman–Crippen LogP) is 9.10. The maximum absolute atomic E-state index is 12.3. The number of hydrogen-bond donors (Lipinski definition) is 1. The van der Waals surface area contributed by atoms with E-state index >= 15 is 0 Å². The lowest BCUT2D eigenvalue weighted by atomic mass is 10.1. The molecule has 0 saturated carbocycles. The second-order valence-electron chi connectivity index (χ2n) is 9.20. The van der Waals surface area contributed by atoms with E-state index in [4.69, 9.17) is 9.84 Å². The van der Waals surface area contributed by atoms with Gasteiger partial charge in [-0.3, -0.25) is 9.59 Å². The van der Waals surface area contributed by atoms with Gasteiger partial charge in [-0.1, -0.05) is 109 Å². The second-order valence-corrected chi connectivity index (χ2v) is 9.20. The Hall–Kier alpha value is -1.84. The van der Waals surface area contributed by atoms with Gasteiger partial charge in [0.25, 0.3) is 0 Å². The summed E-state index contributed by atoms with van der Waals surface area (Å²) in [6, 6.07) is 0. The predicted molar refractivity (Wildman–Crippen MR) is 144 cm³/mol. The van der Waals surface area contributed by atoms with Gasteiger partial charge in [0.05, 0.1) is 0 Å². The van der Waals surface area contributed by atoms with Crippen LogP contribution in [0.1, 0.15) is 136 Å². The summed E-state index contributed by atoms with van der Waals surface area (Å²) in [5.74, 6) is -0.858. The molecule has 0 aliphatic heterocycles. The van der Waals surface area contributed by atoms with Gasteiger partial charge in [0.2, 0.25) is 0 Å². The zero-order valence-corrected chi connectivity index (χ0v) is 22.1. The minimum absolute atomic E-state index is 0.124. The number of hydrogen-bond acceptors (Lipinski definition) is 3. The van der Waals surface area contributed by atoms with Crippen LogP contribution in [-0.4, -0.2) is 23.1 Å². The van der Waals surface area contributed by atoms with Crippen LogP contribution in [0.3, 0.4) is 0 Å². The fourth-order valence-electron chi connectivity index (χ4n) is 3.79. The van der Waals surface area contributed by atoms with E-state index in [9.17, 15) is 9.59 Å². The number of esters is 1. The number of carbonyl (C=O) groups excluding carboxylic acids is 1. The summed E-state index contributed by atoms with van der Waals surface area (Å²) in [6.07, 6.45) is 31.9. The first-order chi connectivity index (χ1) is 16.6. The third kappa shape index (κ3) is 24.8. The first-order valence-electron chi connectivity index (χ1n) is 14.0. The Bertz CT molecular complexity index is 562. The number of allylic oxidation sites excluding steroid dienone is 4. The Labute approximate surface area is 209 Å². The van der Waals surface area contributed by atoms with E-state index in [0.717, 1.165) is 44.9 Å². The van der Waals surface area contributed by atoms with Gasteiger partial charge in [-0.15, -0.1) is 0 Å². The summed E-state index contributed by atoms with van der Waals surface area (Å²) in [5.41, 5.74) is 0. The molecule has 1 N–H and O–H groups in total. The molecule has 0 amide bonds. The van der Waals surface area contributed by atoms with Gasteiger partial charge in [0, 0.05) is 12.8 Å². The van der Waals surface area contributed by atoms with Crippen LogP contribution in [0.15, 0.2) is 36.5 Å². The average Bonchev–Trinajstić information content (AvgIpc) is 2.81. The van der Waals surface area contributed by atoms with Crippen molar-refractivity contribution >= 4 is 11.9 Å². The van der Waals surface area contributed by atoms with E-state index in [1.807, 2.05) is 24.3 Å². The first-order valence-corrected chi connectivity index (χ1v) is 14.0. The highest BCUT2D eigenvalue weighted by molar-refractivity contribution is 5.69. The van der Waals surface area contributed by atoms with Gasteiger partial charge in [-0.25, -0.2) is 0 Å². The summed E-state index contributed by atoms with van der Waals surface area (Å²) in [7, 11) is 0. The molecule has 0 aromatic heterocycles. The van der Waals surface area contributed by atoms with Crippen molar-refractivity contribution < 1.29 is 19.4 Å². The van der Waals surface area contributed by atoms with Crippen LogP contribution in [0.4, 0.5) is 0 Å². The summed E-state index contributed by atoms with van der Waals surface area (Å²) in [6.45, 7) is 4.36. The van der Waals surface area contributed by atoms with Gasteiger partial charge in [-0.05, 0) is 50.7 Å². The number of aliphatic carboxylic acids is 1. The molecule has 0 rings (SSSR count). The Morgan fingerprint density at radius 1 is 0.676 bits per heavy atom. The highest BCUT2D eigenvalue weighted by atomic mass is 16.5. The molecule has 0 aromatic carbocycles. The molecule has 0 spiro atoms. The number of carbonyl (C=O) groups is 2. The van der Waals surface area contributed by atoms with E-state index in [-0.39, 0.29) is 18.5 Å². The van der Waals surface area contributed by atoms with Crippen molar-refractivity contribution in [2.45, 2.75) is 142 Å². The van der Waals surface area contributed by atoms with Crippen molar-refractivity contribution in [1.29, 1.82) is 0 Å². The van der Waals surface area contributed by atoms with Crippen LogP contribution in [0.5, 0.6) is 0 Å². The zero-order chi connectivity index (χ0) is 25.1. The monoisotopic (exact) mass is 476 g/mol. The summed E-state index contributed by atoms with van der Waals surface area (Å²) >= 11 is 0. The van der Waals surface area contributed by atoms with Crippen molar-refractivity contribution in [3.63, 3.8) is 0 Å². The lowest BCUT2D eigenvalue weighted by Crippen LogP contribution is -2.13. The quantitative estimate of drug-likeness (QED) is 0.0857.